The standard InChI is InChI=1S/C24H21N3O/c28-24(23-16-17-27(25-23)22-14-8-3-9-15-22)26(18-20-10-4-1-5-11-20)19-21-12-6-2-7-13-21/h1-17H,18-19H2. The van der Waals surface area contributed by atoms with Gasteiger partial charge < -0.3 is 4.90 Å². The number of carbonyl (C=O) groups excluding carboxylic acids is 1. The SMILES string of the molecule is O=C(c1ccn(-c2ccccc2)n1)N(Cc1ccccc1)Cc1ccccc1. The molecule has 0 aliphatic rings. The van der Waals surface area contributed by atoms with E-state index in [9.17, 15) is 4.79 Å². The second-order valence-corrected chi connectivity index (χ2v) is 6.61. The first-order valence-electron chi connectivity index (χ1n) is 9.28. The first kappa shape index (κ1) is 17.7. The van der Waals surface area contributed by atoms with E-state index in [1.165, 1.54) is 0 Å². The fourth-order valence-electron chi connectivity index (χ4n) is 3.13. The van der Waals surface area contributed by atoms with Gasteiger partial charge in [-0.1, -0.05) is 78.9 Å². The number of hydrogen-bond acceptors (Lipinski definition) is 2. The van der Waals surface area contributed by atoms with Crippen molar-refractivity contribution in [2.24, 2.45) is 0 Å². The Kier molecular flexibility index (Phi) is 5.29. The molecule has 0 saturated heterocycles. The summed E-state index contributed by atoms with van der Waals surface area (Å²) in [5.74, 6) is -0.0811. The van der Waals surface area contributed by atoms with Gasteiger partial charge in [0, 0.05) is 19.3 Å². The van der Waals surface area contributed by atoms with Crippen molar-refractivity contribution in [2.75, 3.05) is 0 Å². The van der Waals surface area contributed by atoms with Crippen LogP contribution in [-0.4, -0.2) is 20.6 Å². The molecule has 0 atom stereocenters. The van der Waals surface area contributed by atoms with Gasteiger partial charge in [0.05, 0.1) is 5.69 Å². The van der Waals surface area contributed by atoms with Crippen LogP contribution >= 0.6 is 0 Å². The van der Waals surface area contributed by atoms with Crippen LogP contribution in [0.4, 0.5) is 0 Å². The highest BCUT2D eigenvalue weighted by molar-refractivity contribution is 5.92. The maximum Gasteiger partial charge on any atom is 0.274 e. The van der Waals surface area contributed by atoms with Crippen LogP contribution in [0.15, 0.2) is 103 Å². The van der Waals surface area contributed by atoms with E-state index in [1.807, 2.05) is 102 Å². The average Bonchev–Trinajstić information content (AvgIpc) is 3.25. The van der Waals surface area contributed by atoms with Gasteiger partial charge in [0.1, 0.15) is 0 Å². The summed E-state index contributed by atoms with van der Waals surface area (Å²) in [7, 11) is 0. The first-order chi connectivity index (χ1) is 13.8. The minimum absolute atomic E-state index is 0.0811. The highest BCUT2D eigenvalue weighted by atomic mass is 16.2. The number of amides is 1. The predicted octanol–water partition coefficient (Wildman–Crippen LogP) is 4.71. The summed E-state index contributed by atoms with van der Waals surface area (Å²) in [5.41, 5.74) is 3.55. The number of hydrogen-bond donors (Lipinski definition) is 0. The van der Waals surface area contributed by atoms with Gasteiger partial charge in [0.2, 0.25) is 0 Å². The molecule has 4 rings (SSSR count). The minimum Gasteiger partial charge on any atom is -0.329 e. The zero-order valence-electron chi connectivity index (χ0n) is 15.5. The van der Waals surface area contributed by atoms with Crippen LogP contribution in [0.2, 0.25) is 0 Å². The third-order valence-electron chi connectivity index (χ3n) is 4.55. The molecule has 4 aromatic rings. The van der Waals surface area contributed by atoms with Crippen molar-refractivity contribution in [3.63, 3.8) is 0 Å². The van der Waals surface area contributed by atoms with Crippen LogP contribution in [-0.2, 0) is 13.1 Å². The molecule has 0 unspecified atom stereocenters. The Hall–Kier alpha value is -3.66. The van der Waals surface area contributed by atoms with E-state index in [2.05, 4.69) is 5.10 Å². The van der Waals surface area contributed by atoms with E-state index in [-0.39, 0.29) is 5.91 Å². The summed E-state index contributed by atoms with van der Waals surface area (Å²) in [5, 5.41) is 4.51. The topological polar surface area (TPSA) is 38.1 Å². The van der Waals surface area contributed by atoms with Crippen molar-refractivity contribution in [3.8, 4) is 5.69 Å². The van der Waals surface area contributed by atoms with E-state index < -0.39 is 0 Å². The van der Waals surface area contributed by atoms with Crippen LogP contribution < -0.4 is 0 Å². The van der Waals surface area contributed by atoms with Crippen molar-refractivity contribution < 1.29 is 4.79 Å². The third kappa shape index (κ3) is 4.18. The fraction of sp³-hybridized carbons (Fsp3) is 0.0833. The van der Waals surface area contributed by atoms with Gasteiger partial charge in [0.25, 0.3) is 5.91 Å². The van der Waals surface area contributed by atoms with Crippen molar-refractivity contribution >= 4 is 5.91 Å². The predicted molar refractivity (Wildman–Crippen MR) is 110 cm³/mol. The molecule has 0 bridgehead atoms. The molecule has 138 valence electrons. The van der Waals surface area contributed by atoms with Gasteiger partial charge in [-0.3, -0.25) is 4.79 Å². The van der Waals surface area contributed by atoms with Gasteiger partial charge >= 0.3 is 0 Å². The van der Waals surface area contributed by atoms with Crippen LogP contribution in [0.1, 0.15) is 21.6 Å². The Bertz CT molecular complexity index is 986. The minimum atomic E-state index is -0.0811. The fourth-order valence-corrected chi connectivity index (χ4v) is 3.13. The third-order valence-corrected chi connectivity index (χ3v) is 4.55. The van der Waals surface area contributed by atoms with E-state index in [1.54, 1.807) is 10.7 Å². The van der Waals surface area contributed by atoms with Gasteiger partial charge in [-0.15, -0.1) is 0 Å². The maximum absolute atomic E-state index is 13.2. The normalized spacial score (nSPS) is 10.6. The molecular weight excluding hydrogens is 346 g/mol. The smallest absolute Gasteiger partial charge is 0.274 e. The van der Waals surface area contributed by atoms with Crippen molar-refractivity contribution in [1.29, 1.82) is 0 Å². The summed E-state index contributed by atoms with van der Waals surface area (Å²) < 4.78 is 1.73. The highest BCUT2D eigenvalue weighted by Crippen LogP contribution is 2.15. The number of para-hydroxylation sites is 1. The molecule has 1 aromatic heterocycles. The summed E-state index contributed by atoms with van der Waals surface area (Å²) in [6.45, 7) is 1.07. The lowest BCUT2D eigenvalue weighted by Gasteiger charge is -2.22. The molecule has 0 spiro atoms. The molecule has 4 nitrogen and oxygen atoms in total. The number of benzene rings is 3. The number of nitrogens with zero attached hydrogens (tertiary/aromatic N) is 3. The van der Waals surface area contributed by atoms with Gasteiger partial charge in [-0.05, 0) is 29.3 Å². The summed E-state index contributed by atoms with van der Waals surface area (Å²) in [4.78, 5) is 15.1. The van der Waals surface area contributed by atoms with Crippen LogP contribution in [0.5, 0.6) is 0 Å². The molecule has 0 radical (unpaired) electrons. The average molecular weight is 367 g/mol. The van der Waals surface area contributed by atoms with Crippen LogP contribution in [0.25, 0.3) is 5.69 Å². The molecule has 0 saturated carbocycles. The van der Waals surface area contributed by atoms with E-state index in [0.29, 0.717) is 18.8 Å². The largest absolute Gasteiger partial charge is 0.329 e. The summed E-state index contributed by atoms with van der Waals surface area (Å²) in [6.07, 6.45) is 1.83. The second-order valence-electron chi connectivity index (χ2n) is 6.61. The molecule has 0 N–H and O–H groups in total. The van der Waals surface area contributed by atoms with Gasteiger partial charge in [-0.2, -0.15) is 5.10 Å². The summed E-state index contributed by atoms with van der Waals surface area (Å²) >= 11 is 0. The molecule has 28 heavy (non-hydrogen) atoms. The Morgan fingerprint density at radius 1 is 0.714 bits per heavy atom. The lowest BCUT2D eigenvalue weighted by molar-refractivity contribution is 0.0723. The molecule has 1 amide bonds. The molecule has 0 aliphatic carbocycles. The monoisotopic (exact) mass is 367 g/mol. The molecule has 1 heterocycles. The Labute approximate surface area is 164 Å². The zero-order valence-corrected chi connectivity index (χ0v) is 15.5. The quantitative estimate of drug-likeness (QED) is 0.495. The van der Waals surface area contributed by atoms with Crippen molar-refractivity contribution in [3.05, 3.63) is 120 Å². The summed E-state index contributed by atoms with van der Waals surface area (Å²) in [6, 6.07) is 31.6. The Balaban J connectivity index is 1.60. The van der Waals surface area contributed by atoms with Gasteiger partial charge in [0.15, 0.2) is 5.69 Å². The van der Waals surface area contributed by atoms with Crippen molar-refractivity contribution in [2.45, 2.75) is 13.1 Å². The second kappa shape index (κ2) is 8.35. The number of rotatable bonds is 6. The van der Waals surface area contributed by atoms with Gasteiger partial charge in [-0.25, -0.2) is 4.68 Å². The Morgan fingerprint density at radius 2 is 1.21 bits per heavy atom. The zero-order chi connectivity index (χ0) is 19.2. The lowest BCUT2D eigenvalue weighted by Crippen LogP contribution is -2.30. The highest BCUT2D eigenvalue weighted by Gasteiger charge is 2.19. The van der Waals surface area contributed by atoms with E-state index >= 15 is 0 Å². The van der Waals surface area contributed by atoms with Crippen LogP contribution in [0, 0.1) is 0 Å². The molecule has 0 fully saturated rings. The van der Waals surface area contributed by atoms with Crippen molar-refractivity contribution in [1.82, 2.24) is 14.7 Å². The first-order valence-corrected chi connectivity index (χ1v) is 9.28. The molecule has 3 aromatic carbocycles. The molecule has 4 heteroatoms. The lowest BCUT2D eigenvalue weighted by atomic mass is 10.1. The molecular formula is C24H21N3O. The van der Waals surface area contributed by atoms with Crippen LogP contribution in [0.3, 0.4) is 0 Å². The van der Waals surface area contributed by atoms with E-state index in [4.69, 9.17) is 0 Å². The number of aromatic nitrogens is 2. The Morgan fingerprint density at radius 3 is 1.75 bits per heavy atom. The maximum atomic E-state index is 13.2. The molecule has 0 aliphatic heterocycles. The number of carbonyl (C=O) groups is 1. The van der Waals surface area contributed by atoms with E-state index in [0.717, 1.165) is 16.8 Å².